The molecule has 0 atom stereocenters. The Bertz CT molecular complexity index is 458. The lowest BCUT2D eigenvalue weighted by atomic mass is 10.2. The Balaban J connectivity index is 2.05. The zero-order chi connectivity index (χ0) is 11.4. The molecule has 16 heavy (non-hydrogen) atoms. The Morgan fingerprint density at radius 2 is 2.38 bits per heavy atom. The Hall–Kier alpha value is -2.04. The minimum Gasteiger partial charge on any atom is -0.469 e. The number of aromatic nitrogens is 1. The van der Waals surface area contributed by atoms with Crippen molar-refractivity contribution in [2.24, 2.45) is 0 Å². The first kappa shape index (κ1) is 10.5. The maximum Gasteiger partial charge on any atom is 0.360 e. The van der Waals surface area contributed by atoms with Gasteiger partial charge in [-0.05, 0) is 19.1 Å². The van der Waals surface area contributed by atoms with Crippen LogP contribution in [0.5, 0.6) is 0 Å². The van der Waals surface area contributed by atoms with Crippen molar-refractivity contribution in [3.8, 4) is 0 Å². The first-order valence-electron chi connectivity index (χ1n) is 4.94. The topological polar surface area (TPSA) is 65.5 Å². The molecular weight excluding hydrogens is 210 g/mol. The van der Waals surface area contributed by atoms with Crippen LogP contribution in [-0.4, -0.2) is 17.7 Å². The zero-order valence-corrected chi connectivity index (χ0v) is 8.80. The second kappa shape index (κ2) is 4.65. The van der Waals surface area contributed by atoms with Crippen LogP contribution >= 0.6 is 0 Å². The van der Waals surface area contributed by atoms with E-state index in [1.807, 2.05) is 6.07 Å². The first-order chi connectivity index (χ1) is 7.79. The Morgan fingerprint density at radius 1 is 1.50 bits per heavy atom. The molecule has 0 amide bonds. The van der Waals surface area contributed by atoms with Crippen LogP contribution in [0.3, 0.4) is 0 Å². The van der Waals surface area contributed by atoms with Crippen LogP contribution in [0.1, 0.15) is 28.9 Å². The van der Waals surface area contributed by atoms with Gasteiger partial charge in [0, 0.05) is 6.07 Å². The molecule has 0 radical (unpaired) electrons. The lowest BCUT2D eigenvalue weighted by Crippen LogP contribution is -2.04. The summed E-state index contributed by atoms with van der Waals surface area (Å²) in [7, 11) is 0. The lowest BCUT2D eigenvalue weighted by molar-refractivity contribution is 0.0514. The molecule has 0 aromatic carbocycles. The summed E-state index contributed by atoms with van der Waals surface area (Å²) in [5.41, 5.74) is 0.184. The average Bonchev–Trinajstić information content (AvgIpc) is 2.90. The highest BCUT2D eigenvalue weighted by Crippen LogP contribution is 2.11. The van der Waals surface area contributed by atoms with E-state index < -0.39 is 5.97 Å². The van der Waals surface area contributed by atoms with Gasteiger partial charge in [-0.3, -0.25) is 0 Å². The molecule has 0 spiro atoms. The summed E-state index contributed by atoms with van der Waals surface area (Å²) < 4.78 is 14.9. The van der Waals surface area contributed by atoms with Crippen molar-refractivity contribution < 1.29 is 18.5 Å². The second-order valence-corrected chi connectivity index (χ2v) is 3.16. The summed E-state index contributed by atoms with van der Waals surface area (Å²) in [5.74, 6) is 0.849. The molecule has 0 saturated heterocycles. The lowest BCUT2D eigenvalue weighted by Gasteiger charge is -1.94. The minimum atomic E-state index is -0.475. The van der Waals surface area contributed by atoms with Crippen molar-refractivity contribution in [1.29, 1.82) is 0 Å². The zero-order valence-electron chi connectivity index (χ0n) is 8.80. The van der Waals surface area contributed by atoms with Crippen LogP contribution in [0.25, 0.3) is 0 Å². The quantitative estimate of drug-likeness (QED) is 0.739. The van der Waals surface area contributed by atoms with Crippen molar-refractivity contribution in [2.45, 2.75) is 13.3 Å². The van der Waals surface area contributed by atoms with E-state index in [1.54, 1.807) is 25.3 Å². The molecule has 0 aliphatic carbocycles. The molecule has 0 aliphatic rings. The molecule has 0 aliphatic heterocycles. The molecule has 0 N–H and O–H groups in total. The molecule has 0 saturated carbocycles. The van der Waals surface area contributed by atoms with E-state index in [4.69, 9.17) is 13.7 Å². The van der Waals surface area contributed by atoms with Gasteiger partial charge in [-0.2, -0.15) is 0 Å². The highest BCUT2D eigenvalue weighted by molar-refractivity contribution is 5.87. The molecule has 2 heterocycles. The smallest absolute Gasteiger partial charge is 0.360 e. The normalized spacial score (nSPS) is 10.3. The van der Waals surface area contributed by atoms with Crippen LogP contribution in [0.4, 0.5) is 0 Å². The highest BCUT2D eigenvalue weighted by Gasteiger charge is 2.14. The molecule has 5 heteroatoms. The van der Waals surface area contributed by atoms with E-state index in [-0.39, 0.29) is 5.69 Å². The maximum atomic E-state index is 11.3. The largest absolute Gasteiger partial charge is 0.469 e. The summed E-state index contributed by atoms with van der Waals surface area (Å²) in [4.78, 5) is 11.3. The Kier molecular flexibility index (Phi) is 3.05. The summed E-state index contributed by atoms with van der Waals surface area (Å²) in [5, 5.41) is 3.62. The van der Waals surface area contributed by atoms with Gasteiger partial charge >= 0.3 is 5.97 Å². The summed E-state index contributed by atoms with van der Waals surface area (Å²) >= 11 is 0. The van der Waals surface area contributed by atoms with Gasteiger partial charge in [0.2, 0.25) is 0 Å². The third kappa shape index (κ3) is 2.31. The standard InChI is InChI=1S/C11H11NO4/c1-2-14-11(13)10-7-9(16-12-10)6-8-4-3-5-15-8/h3-5,7H,2,6H2,1H3. The van der Waals surface area contributed by atoms with Gasteiger partial charge < -0.3 is 13.7 Å². The number of hydrogen-bond donors (Lipinski definition) is 0. The monoisotopic (exact) mass is 221 g/mol. The van der Waals surface area contributed by atoms with Gasteiger partial charge in [-0.15, -0.1) is 0 Å². The predicted molar refractivity (Wildman–Crippen MR) is 54.0 cm³/mol. The Morgan fingerprint density at radius 3 is 3.06 bits per heavy atom. The molecule has 5 nitrogen and oxygen atoms in total. The summed E-state index contributed by atoms with van der Waals surface area (Å²) in [6, 6.07) is 5.17. The SMILES string of the molecule is CCOC(=O)c1cc(Cc2ccco2)on1. The van der Waals surface area contributed by atoms with Gasteiger partial charge in [-0.25, -0.2) is 4.79 Å². The number of esters is 1. The fourth-order valence-corrected chi connectivity index (χ4v) is 1.28. The first-order valence-corrected chi connectivity index (χ1v) is 4.94. The molecule has 84 valence electrons. The fourth-order valence-electron chi connectivity index (χ4n) is 1.28. The molecule has 2 aromatic rings. The van der Waals surface area contributed by atoms with Gasteiger partial charge in [0.25, 0.3) is 0 Å². The maximum absolute atomic E-state index is 11.3. The van der Waals surface area contributed by atoms with Gasteiger partial charge in [0.1, 0.15) is 11.5 Å². The molecule has 0 unspecified atom stereocenters. The van der Waals surface area contributed by atoms with Crippen LogP contribution in [0.15, 0.2) is 33.4 Å². The van der Waals surface area contributed by atoms with Crippen molar-refractivity contribution in [3.05, 3.63) is 41.7 Å². The van der Waals surface area contributed by atoms with Crippen LogP contribution < -0.4 is 0 Å². The van der Waals surface area contributed by atoms with Crippen molar-refractivity contribution in [3.63, 3.8) is 0 Å². The van der Waals surface area contributed by atoms with Crippen LogP contribution in [0.2, 0.25) is 0 Å². The van der Waals surface area contributed by atoms with Crippen LogP contribution in [0, 0.1) is 0 Å². The molecule has 0 bridgehead atoms. The minimum absolute atomic E-state index is 0.184. The number of carbonyl (C=O) groups is 1. The summed E-state index contributed by atoms with van der Waals surface area (Å²) in [6.45, 7) is 2.06. The van der Waals surface area contributed by atoms with Crippen molar-refractivity contribution in [2.75, 3.05) is 6.61 Å². The number of nitrogens with zero attached hydrogens (tertiary/aromatic N) is 1. The number of hydrogen-bond acceptors (Lipinski definition) is 5. The molecule has 2 aromatic heterocycles. The van der Waals surface area contributed by atoms with E-state index in [0.717, 1.165) is 5.76 Å². The van der Waals surface area contributed by atoms with Crippen molar-refractivity contribution in [1.82, 2.24) is 5.16 Å². The molecule has 0 fully saturated rings. The van der Waals surface area contributed by atoms with E-state index in [9.17, 15) is 4.79 Å². The highest BCUT2D eigenvalue weighted by atomic mass is 16.5. The number of ether oxygens (including phenoxy) is 1. The van der Waals surface area contributed by atoms with Gasteiger partial charge in [0.15, 0.2) is 5.69 Å². The van der Waals surface area contributed by atoms with Gasteiger partial charge in [-0.1, -0.05) is 5.16 Å². The summed E-state index contributed by atoms with van der Waals surface area (Å²) in [6.07, 6.45) is 2.05. The van der Waals surface area contributed by atoms with Crippen molar-refractivity contribution >= 4 is 5.97 Å². The van der Waals surface area contributed by atoms with Crippen LogP contribution in [-0.2, 0) is 11.2 Å². The molecular formula is C11H11NO4. The van der Waals surface area contributed by atoms with E-state index >= 15 is 0 Å². The third-order valence-electron chi connectivity index (χ3n) is 1.97. The molecule has 2 rings (SSSR count). The third-order valence-corrected chi connectivity index (χ3v) is 1.97. The second-order valence-electron chi connectivity index (χ2n) is 3.16. The predicted octanol–water partition coefficient (Wildman–Crippen LogP) is 2.04. The number of carbonyl (C=O) groups excluding carboxylic acids is 1. The Labute approximate surface area is 92.0 Å². The number of furan rings is 1. The van der Waals surface area contributed by atoms with E-state index in [1.165, 1.54) is 0 Å². The van der Waals surface area contributed by atoms with E-state index in [0.29, 0.717) is 18.8 Å². The van der Waals surface area contributed by atoms with Gasteiger partial charge in [0.05, 0.1) is 19.3 Å². The number of rotatable bonds is 4. The fraction of sp³-hybridized carbons (Fsp3) is 0.273. The average molecular weight is 221 g/mol. The van der Waals surface area contributed by atoms with E-state index in [2.05, 4.69) is 5.16 Å².